The minimum atomic E-state index is -1.42. The van der Waals surface area contributed by atoms with Crippen LogP contribution in [-0.2, 0) is 14.3 Å². The second-order valence-electron chi connectivity index (χ2n) is 4.22. The van der Waals surface area contributed by atoms with E-state index in [0.717, 1.165) is 6.08 Å². The van der Waals surface area contributed by atoms with Crippen molar-refractivity contribution in [1.82, 2.24) is 0 Å². The van der Waals surface area contributed by atoms with E-state index >= 15 is 0 Å². The molecule has 1 rings (SSSR count). The van der Waals surface area contributed by atoms with Crippen LogP contribution in [-0.4, -0.2) is 41.0 Å². The standard InChI is InChI=1S/C15H16O7/c1-2-12(16)21-9-5-8-13(17)22-15(20)11-7-4-3-6-10(11)14(18)19/h2-4,6-7,13,17H,1,5,8-9H2,(H,18,19). The third-order valence-corrected chi connectivity index (χ3v) is 2.63. The van der Waals surface area contributed by atoms with Crippen molar-refractivity contribution in [3.05, 3.63) is 48.0 Å². The van der Waals surface area contributed by atoms with Crippen LogP contribution in [0.1, 0.15) is 33.6 Å². The number of carbonyl (C=O) groups is 3. The monoisotopic (exact) mass is 308 g/mol. The SMILES string of the molecule is C=CC(=O)OCCCC(O)OC(=O)c1ccccc1C(=O)O. The highest BCUT2D eigenvalue weighted by atomic mass is 16.6. The molecule has 0 fully saturated rings. The number of esters is 2. The van der Waals surface area contributed by atoms with Gasteiger partial charge in [0.2, 0.25) is 6.29 Å². The fraction of sp³-hybridized carbons (Fsp3) is 0.267. The number of aliphatic hydroxyl groups is 1. The summed E-state index contributed by atoms with van der Waals surface area (Å²) in [5, 5.41) is 18.6. The summed E-state index contributed by atoms with van der Waals surface area (Å²) in [6.07, 6.45) is -0.0870. The van der Waals surface area contributed by atoms with E-state index in [2.05, 4.69) is 6.58 Å². The number of aromatic carboxylic acids is 1. The molecular weight excluding hydrogens is 292 g/mol. The number of ether oxygens (including phenoxy) is 2. The Kier molecular flexibility index (Phi) is 6.78. The summed E-state index contributed by atoms with van der Waals surface area (Å²) < 4.78 is 9.45. The normalized spacial score (nSPS) is 11.3. The van der Waals surface area contributed by atoms with E-state index < -0.39 is 24.2 Å². The van der Waals surface area contributed by atoms with E-state index in [0.29, 0.717) is 0 Å². The highest BCUT2D eigenvalue weighted by Crippen LogP contribution is 2.12. The minimum absolute atomic E-state index is 0.0468. The molecule has 22 heavy (non-hydrogen) atoms. The molecule has 0 aliphatic rings. The molecule has 0 spiro atoms. The molecule has 1 aromatic rings. The predicted octanol–water partition coefficient (Wildman–Crippen LogP) is 1.37. The van der Waals surface area contributed by atoms with Crippen LogP contribution in [0.3, 0.4) is 0 Å². The lowest BCUT2D eigenvalue weighted by molar-refractivity contribution is -0.138. The van der Waals surface area contributed by atoms with Crippen LogP contribution in [0, 0.1) is 0 Å². The first kappa shape index (κ1) is 17.4. The van der Waals surface area contributed by atoms with Gasteiger partial charge in [-0.25, -0.2) is 14.4 Å². The first-order valence-corrected chi connectivity index (χ1v) is 6.46. The van der Waals surface area contributed by atoms with Crippen molar-refractivity contribution in [3.63, 3.8) is 0 Å². The number of aliphatic hydroxyl groups excluding tert-OH is 1. The van der Waals surface area contributed by atoms with Gasteiger partial charge in [-0.05, 0) is 18.6 Å². The van der Waals surface area contributed by atoms with E-state index in [1.165, 1.54) is 24.3 Å². The molecule has 1 unspecified atom stereocenters. The van der Waals surface area contributed by atoms with Gasteiger partial charge in [0.05, 0.1) is 17.7 Å². The first-order chi connectivity index (χ1) is 10.5. The van der Waals surface area contributed by atoms with E-state index in [9.17, 15) is 19.5 Å². The number of carbonyl (C=O) groups excluding carboxylic acids is 2. The molecule has 0 radical (unpaired) electrons. The van der Waals surface area contributed by atoms with E-state index in [-0.39, 0.29) is 30.6 Å². The lowest BCUT2D eigenvalue weighted by Gasteiger charge is -2.13. The van der Waals surface area contributed by atoms with Crippen LogP contribution in [0.15, 0.2) is 36.9 Å². The quantitative estimate of drug-likeness (QED) is 0.323. The number of hydrogen-bond acceptors (Lipinski definition) is 6. The number of benzene rings is 1. The van der Waals surface area contributed by atoms with Gasteiger partial charge in [-0.15, -0.1) is 0 Å². The second kappa shape index (κ2) is 8.58. The van der Waals surface area contributed by atoms with Crippen LogP contribution in [0.5, 0.6) is 0 Å². The lowest BCUT2D eigenvalue weighted by atomic mass is 10.1. The van der Waals surface area contributed by atoms with Crippen molar-refractivity contribution < 1.29 is 34.1 Å². The summed E-state index contributed by atoms with van der Waals surface area (Å²) in [6.45, 7) is 3.28. The number of rotatable bonds is 8. The summed E-state index contributed by atoms with van der Waals surface area (Å²) in [4.78, 5) is 33.6. The summed E-state index contributed by atoms with van der Waals surface area (Å²) >= 11 is 0. The topological polar surface area (TPSA) is 110 Å². The summed E-state index contributed by atoms with van der Waals surface area (Å²) in [5.41, 5.74) is -0.355. The highest BCUT2D eigenvalue weighted by Gasteiger charge is 2.19. The van der Waals surface area contributed by atoms with Crippen molar-refractivity contribution in [3.8, 4) is 0 Å². The molecule has 1 aromatic carbocycles. The second-order valence-corrected chi connectivity index (χ2v) is 4.22. The van der Waals surface area contributed by atoms with Crippen molar-refractivity contribution in [2.75, 3.05) is 6.61 Å². The highest BCUT2D eigenvalue weighted by molar-refractivity contribution is 6.02. The van der Waals surface area contributed by atoms with Crippen LogP contribution < -0.4 is 0 Å². The van der Waals surface area contributed by atoms with Gasteiger partial charge in [0.25, 0.3) is 0 Å². The fourth-order valence-corrected chi connectivity index (χ4v) is 1.58. The first-order valence-electron chi connectivity index (χ1n) is 6.46. The third kappa shape index (κ3) is 5.37. The zero-order chi connectivity index (χ0) is 16.5. The van der Waals surface area contributed by atoms with Crippen molar-refractivity contribution in [2.45, 2.75) is 19.1 Å². The molecule has 1 atom stereocenters. The maximum absolute atomic E-state index is 11.8. The van der Waals surface area contributed by atoms with E-state index in [4.69, 9.17) is 14.6 Å². The van der Waals surface area contributed by atoms with Gasteiger partial charge in [0.1, 0.15) is 0 Å². The molecule has 7 heteroatoms. The summed E-state index contributed by atoms with van der Waals surface area (Å²) in [6, 6.07) is 5.53. The van der Waals surface area contributed by atoms with Crippen molar-refractivity contribution in [2.24, 2.45) is 0 Å². The van der Waals surface area contributed by atoms with E-state index in [1.54, 1.807) is 0 Å². The molecule has 0 aliphatic carbocycles. The molecule has 0 amide bonds. The molecule has 118 valence electrons. The zero-order valence-electron chi connectivity index (χ0n) is 11.7. The maximum atomic E-state index is 11.8. The van der Waals surface area contributed by atoms with Crippen LogP contribution in [0.2, 0.25) is 0 Å². The summed E-state index contributed by atoms with van der Waals surface area (Å²) in [7, 11) is 0. The van der Waals surface area contributed by atoms with E-state index in [1.807, 2.05) is 0 Å². The van der Waals surface area contributed by atoms with Crippen LogP contribution in [0.4, 0.5) is 0 Å². The Bertz CT molecular complexity index is 565. The van der Waals surface area contributed by atoms with Gasteiger partial charge in [-0.1, -0.05) is 18.7 Å². The fourth-order valence-electron chi connectivity index (χ4n) is 1.58. The van der Waals surface area contributed by atoms with Gasteiger partial charge in [-0.2, -0.15) is 0 Å². The number of carboxylic acids is 1. The molecule has 0 saturated carbocycles. The Balaban J connectivity index is 2.49. The Morgan fingerprint density at radius 2 is 1.86 bits per heavy atom. The third-order valence-electron chi connectivity index (χ3n) is 2.63. The van der Waals surface area contributed by atoms with Crippen molar-refractivity contribution >= 4 is 17.9 Å². The smallest absolute Gasteiger partial charge is 0.341 e. The molecule has 0 aliphatic heterocycles. The minimum Gasteiger partial charge on any atom is -0.478 e. The maximum Gasteiger partial charge on any atom is 0.341 e. The van der Waals surface area contributed by atoms with Gasteiger partial charge < -0.3 is 19.7 Å². The molecule has 0 aromatic heterocycles. The predicted molar refractivity (Wildman–Crippen MR) is 75.2 cm³/mol. The molecule has 0 saturated heterocycles. The zero-order valence-corrected chi connectivity index (χ0v) is 11.7. The van der Waals surface area contributed by atoms with Gasteiger partial charge in [0.15, 0.2) is 0 Å². The molecule has 0 bridgehead atoms. The average Bonchev–Trinajstić information content (AvgIpc) is 2.51. The molecule has 7 nitrogen and oxygen atoms in total. The van der Waals surface area contributed by atoms with Gasteiger partial charge in [0, 0.05) is 12.5 Å². The largest absolute Gasteiger partial charge is 0.478 e. The van der Waals surface area contributed by atoms with Gasteiger partial charge >= 0.3 is 17.9 Å². The molecule has 2 N–H and O–H groups in total. The van der Waals surface area contributed by atoms with Crippen LogP contribution in [0.25, 0.3) is 0 Å². The number of carboxylic acid groups (broad SMARTS) is 1. The Labute approximate surface area is 126 Å². The Morgan fingerprint density at radius 3 is 2.45 bits per heavy atom. The number of hydrogen-bond donors (Lipinski definition) is 2. The Morgan fingerprint density at radius 1 is 1.23 bits per heavy atom. The summed E-state index contributed by atoms with van der Waals surface area (Å²) in [5.74, 6) is -2.78. The molecule has 0 heterocycles. The lowest BCUT2D eigenvalue weighted by Crippen LogP contribution is -2.20. The Hall–Kier alpha value is -2.67. The van der Waals surface area contributed by atoms with Crippen LogP contribution >= 0.6 is 0 Å². The van der Waals surface area contributed by atoms with Gasteiger partial charge in [-0.3, -0.25) is 0 Å². The van der Waals surface area contributed by atoms with Crippen molar-refractivity contribution in [1.29, 1.82) is 0 Å². The molecular formula is C15H16O7. The average molecular weight is 308 g/mol.